The lowest BCUT2D eigenvalue weighted by Gasteiger charge is -2.11. The number of benzene rings is 2. The van der Waals surface area contributed by atoms with Crippen LogP contribution >= 0.6 is 0 Å². The number of carbonyl (C=O) groups is 2. The molecule has 0 aliphatic carbocycles. The summed E-state index contributed by atoms with van der Waals surface area (Å²) >= 11 is 0. The van der Waals surface area contributed by atoms with Gasteiger partial charge in [0.15, 0.2) is 6.61 Å². The van der Waals surface area contributed by atoms with Gasteiger partial charge in [-0.05, 0) is 43.7 Å². The number of nitrogens with two attached hydrogens (primary N) is 1. The summed E-state index contributed by atoms with van der Waals surface area (Å²) < 4.78 is 33.0. The summed E-state index contributed by atoms with van der Waals surface area (Å²) in [5.74, 6) is -1.38. The Labute approximate surface area is 157 Å². The average Bonchev–Trinajstić information content (AvgIpc) is 2.60. The van der Waals surface area contributed by atoms with E-state index < -0.39 is 28.5 Å². The van der Waals surface area contributed by atoms with E-state index in [1.54, 1.807) is 6.07 Å². The fourth-order valence-electron chi connectivity index (χ4n) is 2.38. The van der Waals surface area contributed by atoms with Gasteiger partial charge in [-0.3, -0.25) is 4.79 Å². The molecular formula is C18H20N2O6S. The summed E-state index contributed by atoms with van der Waals surface area (Å²) in [6, 6.07) is 9.16. The zero-order valence-corrected chi connectivity index (χ0v) is 15.9. The van der Waals surface area contributed by atoms with E-state index in [0.717, 1.165) is 17.2 Å². The Morgan fingerprint density at radius 2 is 1.81 bits per heavy atom. The Kier molecular flexibility index (Phi) is 6.19. The van der Waals surface area contributed by atoms with E-state index in [4.69, 9.17) is 14.6 Å². The maximum Gasteiger partial charge on any atom is 0.338 e. The van der Waals surface area contributed by atoms with Crippen LogP contribution in [0, 0.1) is 13.8 Å². The van der Waals surface area contributed by atoms with E-state index in [9.17, 15) is 18.0 Å². The van der Waals surface area contributed by atoms with Gasteiger partial charge in [-0.25, -0.2) is 18.4 Å². The van der Waals surface area contributed by atoms with Crippen LogP contribution in [0.1, 0.15) is 21.5 Å². The zero-order valence-electron chi connectivity index (χ0n) is 15.1. The molecule has 2 aromatic rings. The SMILES string of the molecule is COc1ccc(C(=O)OCC(=O)Nc2ccc(C)cc2C)cc1S(N)(=O)=O. The van der Waals surface area contributed by atoms with Crippen LogP contribution in [0.2, 0.25) is 0 Å². The fraction of sp³-hybridized carbons (Fsp3) is 0.222. The molecule has 8 nitrogen and oxygen atoms in total. The van der Waals surface area contributed by atoms with E-state index in [-0.39, 0.29) is 16.2 Å². The predicted octanol–water partition coefficient (Wildman–Crippen LogP) is 1.75. The predicted molar refractivity (Wildman–Crippen MR) is 99.2 cm³/mol. The third-order valence-corrected chi connectivity index (χ3v) is 4.63. The van der Waals surface area contributed by atoms with Crippen LogP contribution < -0.4 is 15.2 Å². The van der Waals surface area contributed by atoms with Crippen molar-refractivity contribution in [2.45, 2.75) is 18.7 Å². The van der Waals surface area contributed by atoms with Gasteiger partial charge < -0.3 is 14.8 Å². The molecule has 144 valence electrons. The van der Waals surface area contributed by atoms with E-state index in [2.05, 4.69) is 5.32 Å². The van der Waals surface area contributed by atoms with Crippen molar-refractivity contribution in [2.75, 3.05) is 19.0 Å². The molecule has 3 N–H and O–H groups in total. The minimum Gasteiger partial charge on any atom is -0.495 e. The number of ether oxygens (including phenoxy) is 2. The molecule has 2 aromatic carbocycles. The first-order valence-electron chi connectivity index (χ1n) is 7.87. The maximum atomic E-state index is 12.1. The Morgan fingerprint density at radius 3 is 2.41 bits per heavy atom. The molecule has 0 saturated carbocycles. The number of hydrogen-bond acceptors (Lipinski definition) is 6. The van der Waals surface area contributed by atoms with E-state index in [1.165, 1.54) is 19.2 Å². The number of primary sulfonamides is 1. The molecule has 0 aromatic heterocycles. The number of amides is 1. The van der Waals surface area contributed by atoms with Gasteiger partial charge in [0.1, 0.15) is 10.6 Å². The van der Waals surface area contributed by atoms with Crippen molar-refractivity contribution in [3.63, 3.8) is 0 Å². The van der Waals surface area contributed by atoms with E-state index in [1.807, 2.05) is 26.0 Å². The van der Waals surface area contributed by atoms with Crippen molar-refractivity contribution >= 4 is 27.6 Å². The molecule has 2 rings (SSSR count). The van der Waals surface area contributed by atoms with Gasteiger partial charge in [-0.2, -0.15) is 0 Å². The Balaban J connectivity index is 2.06. The van der Waals surface area contributed by atoms with Crippen LogP contribution in [-0.4, -0.2) is 34.0 Å². The molecule has 0 unspecified atom stereocenters. The van der Waals surface area contributed by atoms with Gasteiger partial charge in [0.2, 0.25) is 10.0 Å². The Bertz CT molecular complexity index is 985. The van der Waals surface area contributed by atoms with Gasteiger partial charge in [-0.15, -0.1) is 0 Å². The van der Waals surface area contributed by atoms with Gasteiger partial charge in [0, 0.05) is 5.69 Å². The smallest absolute Gasteiger partial charge is 0.338 e. The summed E-state index contributed by atoms with van der Waals surface area (Å²) in [5, 5.41) is 7.76. The Morgan fingerprint density at radius 1 is 1.11 bits per heavy atom. The van der Waals surface area contributed by atoms with Crippen molar-refractivity contribution in [1.29, 1.82) is 0 Å². The second kappa shape index (κ2) is 8.19. The fourth-order valence-corrected chi connectivity index (χ4v) is 3.10. The molecule has 9 heteroatoms. The molecule has 0 aliphatic heterocycles. The minimum atomic E-state index is -4.09. The Hall–Kier alpha value is -2.91. The first-order chi connectivity index (χ1) is 12.6. The molecular weight excluding hydrogens is 372 g/mol. The number of nitrogens with one attached hydrogen (secondary N) is 1. The van der Waals surface area contributed by atoms with Crippen LogP contribution in [-0.2, 0) is 19.6 Å². The first kappa shape index (κ1) is 20.4. The molecule has 0 radical (unpaired) electrons. The number of hydrogen-bond donors (Lipinski definition) is 2. The normalized spacial score (nSPS) is 11.0. The first-order valence-corrected chi connectivity index (χ1v) is 9.41. The number of aryl methyl sites for hydroxylation is 2. The lowest BCUT2D eigenvalue weighted by atomic mass is 10.1. The van der Waals surface area contributed by atoms with Crippen LogP contribution in [0.25, 0.3) is 0 Å². The van der Waals surface area contributed by atoms with Crippen molar-refractivity contribution < 1.29 is 27.5 Å². The van der Waals surface area contributed by atoms with Crippen molar-refractivity contribution in [3.8, 4) is 5.75 Å². The maximum absolute atomic E-state index is 12.1. The number of carbonyl (C=O) groups excluding carboxylic acids is 2. The standard InChI is InChI=1S/C18H20N2O6S/c1-11-4-6-14(12(2)8-11)20-17(21)10-26-18(22)13-5-7-15(25-3)16(9-13)27(19,23)24/h4-9H,10H2,1-3H3,(H,20,21)(H2,19,23,24). The summed E-state index contributed by atoms with van der Waals surface area (Å²) in [6.45, 7) is 3.26. The minimum absolute atomic E-state index is 0.00152. The quantitative estimate of drug-likeness (QED) is 0.722. The topological polar surface area (TPSA) is 125 Å². The van der Waals surface area contributed by atoms with Gasteiger partial charge in [-0.1, -0.05) is 17.7 Å². The highest BCUT2D eigenvalue weighted by Gasteiger charge is 2.19. The number of rotatable bonds is 6. The highest BCUT2D eigenvalue weighted by Crippen LogP contribution is 2.24. The number of methoxy groups -OCH3 is 1. The monoisotopic (exact) mass is 392 g/mol. The van der Waals surface area contributed by atoms with Crippen LogP contribution in [0.3, 0.4) is 0 Å². The zero-order chi connectivity index (χ0) is 20.2. The molecule has 0 aliphatic rings. The molecule has 0 atom stereocenters. The number of sulfonamides is 1. The van der Waals surface area contributed by atoms with E-state index in [0.29, 0.717) is 5.69 Å². The van der Waals surface area contributed by atoms with Gasteiger partial charge in [0.25, 0.3) is 5.91 Å². The van der Waals surface area contributed by atoms with Crippen molar-refractivity contribution in [1.82, 2.24) is 0 Å². The average molecular weight is 392 g/mol. The summed E-state index contributed by atoms with van der Waals surface area (Å²) in [7, 11) is -2.82. The molecule has 0 saturated heterocycles. The molecule has 0 bridgehead atoms. The highest BCUT2D eigenvalue weighted by atomic mass is 32.2. The second-order valence-electron chi connectivity index (χ2n) is 5.85. The molecule has 0 fully saturated rings. The van der Waals surface area contributed by atoms with Gasteiger partial charge in [0.05, 0.1) is 12.7 Å². The third-order valence-electron chi connectivity index (χ3n) is 3.70. The van der Waals surface area contributed by atoms with Crippen molar-refractivity contribution in [3.05, 3.63) is 53.1 Å². The third kappa shape index (κ3) is 5.28. The van der Waals surface area contributed by atoms with E-state index >= 15 is 0 Å². The van der Waals surface area contributed by atoms with Crippen LogP contribution in [0.15, 0.2) is 41.3 Å². The largest absolute Gasteiger partial charge is 0.495 e. The number of anilines is 1. The highest BCUT2D eigenvalue weighted by molar-refractivity contribution is 7.89. The second-order valence-corrected chi connectivity index (χ2v) is 7.38. The number of esters is 1. The molecule has 0 heterocycles. The summed E-state index contributed by atoms with van der Waals surface area (Å²) in [5.41, 5.74) is 2.48. The summed E-state index contributed by atoms with van der Waals surface area (Å²) in [4.78, 5) is 23.8. The lowest BCUT2D eigenvalue weighted by Crippen LogP contribution is -2.21. The van der Waals surface area contributed by atoms with Crippen LogP contribution in [0.4, 0.5) is 5.69 Å². The molecule has 1 amide bonds. The van der Waals surface area contributed by atoms with Crippen LogP contribution in [0.5, 0.6) is 5.75 Å². The molecule has 27 heavy (non-hydrogen) atoms. The lowest BCUT2D eigenvalue weighted by molar-refractivity contribution is -0.119. The van der Waals surface area contributed by atoms with Gasteiger partial charge >= 0.3 is 5.97 Å². The molecule has 0 spiro atoms. The van der Waals surface area contributed by atoms with Crippen molar-refractivity contribution in [2.24, 2.45) is 5.14 Å². The summed E-state index contributed by atoms with van der Waals surface area (Å²) in [6.07, 6.45) is 0.